The van der Waals surface area contributed by atoms with Gasteiger partial charge in [0.2, 0.25) is 5.78 Å². The first-order chi connectivity index (χ1) is 12.0. The van der Waals surface area contributed by atoms with Crippen molar-refractivity contribution in [2.45, 2.75) is 26.4 Å². The Bertz CT molecular complexity index is 773. The molecule has 0 aliphatic heterocycles. The van der Waals surface area contributed by atoms with Crippen molar-refractivity contribution in [3.63, 3.8) is 0 Å². The van der Waals surface area contributed by atoms with E-state index in [-0.39, 0.29) is 12.4 Å². The lowest BCUT2D eigenvalue weighted by atomic mass is 10.0. The summed E-state index contributed by atoms with van der Waals surface area (Å²) >= 11 is 0. The first-order valence-electron chi connectivity index (χ1n) is 7.99. The number of aryl methyl sites for hydroxylation is 1. The van der Waals surface area contributed by atoms with E-state index >= 15 is 0 Å². The third-order valence-corrected chi connectivity index (χ3v) is 3.66. The molecule has 25 heavy (non-hydrogen) atoms. The smallest absolute Gasteiger partial charge is 0.344 e. The van der Waals surface area contributed by atoms with E-state index in [1.807, 2.05) is 25.1 Å². The molecule has 0 unspecified atom stereocenters. The highest BCUT2D eigenvalue weighted by atomic mass is 16.6. The third kappa shape index (κ3) is 5.18. The molecule has 2 aromatic carbocycles. The van der Waals surface area contributed by atoms with E-state index in [0.29, 0.717) is 16.9 Å². The molecule has 0 amide bonds. The molecule has 0 saturated carbocycles. The number of hydrogen-bond donors (Lipinski definition) is 0. The molecule has 2 aromatic rings. The fourth-order valence-corrected chi connectivity index (χ4v) is 2.19. The lowest BCUT2D eigenvalue weighted by Gasteiger charge is -2.13. The van der Waals surface area contributed by atoms with Crippen LogP contribution in [0, 0.1) is 11.3 Å². The molecule has 0 spiro atoms. The summed E-state index contributed by atoms with van der Waals surface area (Å²) in [5, 5.41) is 8.72. The number of nitriles is 1. The number of ether oxygens (including phenoxy) is 2. The molecule has 0 fully saturated rings. The number of carbonyl (C=O) groups excluding carboxylic acids is 2. The lowest BCUT2D eigenvalue weighted by molar-refractivity contribution is -0.148. The Morgan fingerprint density at radius 3 is 2.28 bits per heavy atom. The van der Waals surface area contributed by atoms with Crippen LogP contribution < -0.4 is 4.74 Å². The van der Waals surface area contributed by atoms with Gasteiger partial charge in [-0.25, -0.2) is 4.79 Å². The van der Waals surface area contributed by atoms with Crippen molar-refractivity contribution >= 4 is 11.8 Å². The van der Waals surface area contributed by atoms with Crippen LogP contribution in [-0.4, -0.2) is 24.5 Å². The number of carbonyl (C=O) groups is 2. The monoisotopic (exact) mass is 337 g/mol. The van der Waals surface area contributed by atoms with Crippen molar-refractivity contribution in [1.82, 2.24) is 0 Å². The van der Waals surface area contributed by atoms with Crippen LogP contribution in [-0.2, 0) is 16.0 Å². The number of rotatable bonds is 7. The van der Waals surface area contributed by atoms with E-state index in [4.69, 9.17) is 14.7 Å². The molecule has 0 heterocycles. The summed E-state index contributed by atoms with van der Waals surface area (Å²) in [4.78, 5) is 24.1. The molecule has 5 heteroatoms. The zero-order valence-corrected chi connectivity index (χ0v) is 14.2. The summed E-state index contributed by atoms with van der Waals surface area (Å²) in [5.74, 6) is -0.435. The van der Waals surface area contributed by atoms with Gasteiger partial charge in [-0.05, 0) is 43.2 Å². The second-order valence-corrected chi connectivity index (χ2v) is 5.47. The van der Waals surface area contributed by atoms with Crippen LogP contribution >= 0.6 is 0 Å². The second-order valence-electron chi connectivity index (χ2n) is 5.47. The van der Waals surface area contributed by atoms with Crippen molar-refractivity contribution in [2.24, 2.45) is 0 Å². The molecule has 0 saturated heterocycles. The molecule has 0 aliphatic carbocycles. The molecule has 5 nitrogen and oxygen atoms in total. The summed E-state index contributed by atoms with van der Waals surface area (Å²) in [5.41, 5.74) is 2.14. The molecule has 1 atom stereocenters. The number of hydrogen-bond acceptors (Lipinski definition) is 5. The summed E-state index contributed by atoms with van der Waals surface area (Å²) in [6.45, 7) is 3.27. The average Bonchev–Trinajstić information content (AvgIpc) is 2.66. The minimum atomic E-state index is -0.885. The van der Waals surface area contributed by atoms with E-state index in [9.17, 15) is 9.59 Å². The lowest BCUT2D eigenvalue weighted by Crippen LogP contribution is -2.27. The van der Waals surface area contributed by atoms with Crippen LogP contribution in [0.15, 0.2) is 48.5 Å². The second kappa shape index (κ2) is 8.65. The SMILES string of the molecule is CCc1ccc(C(=O)[C@@H](C)OC(=O)COc2ccc(C#N)cc2)cc1. The predicted molar refractivity (Wildman–Crippen MR) is 92.4 cm³/mol. The molecular formula is C20H19NO4. The minimum absolute atomic E-state index is 0.255. The standard InChI is InChI=1S/C20H19NO4/c1-3-15-4-8-17(9-5-15)20(23)14(2)25-19(22)13-24-18-10-6-16(12-21)7-11-18/h4-11,14H,3,13H2,1-2H3/t14-/m1/s1. The predicted octanol–water partition coefficient (Wildman–Crippen LogP) is 3.31. The highest BCUT2D eigenvalue weighted by Crippen LogP contribution is 2.12. The summed E-state index contributed by atoms with van der Waals surface area (Å²) in [6.07, 6.45) is 0.00985. The van der Waals surface area contributed by atoms with Crippen LogP contribution in [0.25, 0.3) is 0 Å². The van der Waals surface area contributed by atoms with Crippen LogP contribution in [0.4, 0.5) is 0 Å². The largest absolute Gasteiger partial charge is 0.482 e. The molecule has 0 aromatic heterocycles. The van der Waals surface area contributed by atoms with Gasteiger partial charge in [0, 0.05) is 5.56 Å². The van der Waals surface area contributed by atoms with Gasteiger partial charge in [-0.15, -0.1) is 0 Å². The molecule has 2 rings (SSSR count). The molecule has 128 valence electrons. The van der Waals surface area contributed by atoms with Crippen molar-refractivity contribution < 1.29 is 19.1 Å². The molecule has 0 radical (unpaired) electrons. The van der Waals surface area contributed by atoms with Crippen molar-refractivity contribution in [2.75, 3.05) is 6.61 Å². The van der Waals surface area contributed by atoms with E-state index in [1.165, 1.54) is 6.92 Å². The fraction of sp³-hybridized carbons (Fsp3) is 0.250. The maximum absolute atomic E-state index is 12.3. The third-order valence-electron chi connectivity index (χ3n) is 3.66. The Morgan fingerprint density at radius 1 is 1.08 bits per heavy atom. The summed E-state index contributed by atoms with van der Waals surface area (Å²) in [6, 6.07) is 15.6. The maximum Gasteiger partial charge on any atom is 0.344 e. The van der Waals surface area contributed by atoms with E-state index in [0.717, 1.165) is 12.0 Å². The van der Waals surface area contributed by atoms with Gasteiger partial charge in [-0.2, -0.15) is 5.26 Å². The Balaban J connectivity index is 1.85. The quantitative estimate of drug-likeness (QED) is 0.572. The van der Waals surface area contributed by atoms with Crippen LogP contribution in [0.1, 0.15) is 35.3 Å². The van der Waals surface area contributed by atoms with Gasteiger partial charge in [0.05, 0.1) is 11.6 Å². The normalized spacial score (nSPS) is 11.2. The highest BCUT2D eigenvalue weighted by molar-refractivity contribution is 6.00. The van der Waals surface area contributed by atoms with Gasteiger partial charge in [0.1, 0.15) is 5.75 Å². The molecular weight excluding hydrogens is 318 g/mol. The number of Topliss-reactive ketones (excluding diaryl/α,β-unsaturated/α-hetero) is 1. The van der Waals surface area contributed by atoms with Gasteiger partial charge in [0.25, 0.3) is 0 Å². The van der Waals surface area contributed by atoms with E-state index in [1.54, 1.807) is 36.4 Å². The molecule has 0 aliphatic rings. The zero-order valence-electron chi connectivity index (χ0n) is 14.2. The van der Waals surface area contributed by atoms with Gasteiger partial charge in [-0.3, -0.25) is 4.79 Å². The summed E-state index contributed by atoms with van der Waals surface area (Å²) < 4.78 is 10.4. The Labute approximate surface area is 146 Å². The molecule has 0 N–H and O–H groups in total. The topological polar surface area (TPSA) is 76.4 Å². The van der Waals surface area contributed by atoms with Crippen LogP contribution in [0.2, 0.25) is 0 Å². The maximum atomic E-state index is 12.3. The number of nitrogens with zero attached hydrogens (tertiary/aromatic N) is 1. The Kier molecular flexibility index (Phi) is 6.30. The van der Waals surface area contributed by atoms with E-state index < -0.39 is 12.1 Å². The van der Waals surface area contributed by atoms with Gasteiger partial charge < -0.3 is 9.47 Å². The van der Waals surface area contributed by atoms with Crippen molar-refractivity contribution in [3.8, 4) is 11.8 Å². The number of benzene rings is 2. The Hall–Kier alpha value is -3.13. The first kappa shape index (κ1) is 18.2. The van der Waals surface area contributed by atoms with E-state index in [2.05, 4.69) is 0 Å². The highest BCUT2D eigenvalue weighted by Gasteiger charge is 2.19. The average molecular weight is 337 g/mol. The van der Waals surface area contributed by atoms with Crippen LogP contribution in [0.3, 0.4) is 0 Å². The molecule has 0 bridgehead atoms. The van der Waals surface area contributed by atoms with Crippen molar-refractivity contribution in [3.05, 3.63) is 65.2 Å². The zero-order chi connectivity index (χ0) is 18.2. The fourth-order valence-electron chi connectivity index (χ4n) is 2.19. The van der Waals surface area contributed by atoms with Crippen molar-refractivity contribution in [1.29, 1.82) is 5.26 Å². The number of ketones is 1. The first-order valence-corrected chi connectivity index (χ1v) is 7.99. The Morgan fingerprint density at radius 2 is 1.72 bits per heavy atom. The van der Waals surface area contributed by atoms with Gasteiger partial charge >= 0.3 is 5.97 Å². The number of esters is 1. The van der Waals surface area contributed by atoms with Gasteiger partial charge in [-0.1, -0.05) is 31.2 Å². The summed E-state index contributed by atoms with van der Waals surface area (Å²) in [7, 11) is 0. The van der Waals surface area contributed by atoms with Crippen LogP contribution in [0.5, 0.6) is 5.75 Å². The van der Waals surface area contributed by atoms with Gasteiger partial charge in [0.15, 0.2) is 12.7 Å². The minimum Gasteiger partial charge on any atom is -0.482 e.